The Kier molecular flexibility index (Phi) is 5.13. The van der Waals surface area contributed by atoms with Crippen molar-refractivity contribution in [2.75, 3.05) is 50.8 Å². The van der Waals surface area contributed by atoms with Gasteiger partial charge in [-0.2, -0.15) is 0 Å². The second-order valence-corrected chi connectivity index (χ2v) is 6.65. The number of carbonyl (C=O) groups excluding carboxylic acids is 1. The highest BCUT2D eigenvalue weighted by Gasteiger charge is 2.24. The van der Waals surface area contributed by atoms with E-state index < -0.39 is 0 Å². The molecule has 26 heavy (non-hydrogen) atoms. The fourth-order valence-electron chi connectivity index (χ4n) is 3.51. The molecule has 0 spiro atoms. The van der Waals surface area contributed by atoms with Crippen molar-refractivity contribution in [3.8, 4) is 0 Å². The van der Waals surface area contributed by atoms with E-state index in [4.69, 9.17) is 4.74 Å². The Morgan fingerprint density at radius 1 is 1.04 bits per heavy atom. The minimum absolute atomic E-state index is 0.00936. The summed E-state index contributed by atoms with van der Waals surface area (Å²) < 4.78 is 5.33. The van der Waals surface area contributed by atoms with Crippen molar-refractivity contribution in [2.24, 2.45) is 0 Å². The number of nitrogens with zero attached hydrogens (tertiary/aromatic N) is 3. The molecule has 0 bridgehead atoms. The molecule has 136 valence electrons. The van der Waals surface area contributed by atoms with E-state index in [0.717, 1.165) is 25.5 Å². The number of piperazine rings is 1. The molecule has 6 nitrogen and oxygen atoms in total. The van der Waals surface area contributed by atoms with E-state index >= 15 is 0 Å². The molecule has 0 aliphatic carbocycles. The van der Waals surface area contributed by atoms with Gasteiger partial charge in [-0.25, -0.2) is 4.98 Å². The largest absolute Gasteiger partial charge is 0.378 e. The average Bonchev–Trinajstić information content (AvgIpc) is 2.75. The molecule has 0 saturated carbocycles. The number of hydrogen-bond acceptors (Lipinski definition) is 5. The van der Waals surface area contributed by atoms with E-state index in [1.165, 1.54) is 5.56 Å². The number of ether oxygens (including phenoxy) is 1. The molecular formula is C20H24N4O2. The number of nitrogens with one attached hydrogen (secondary N) is 1. The van der Waals surface area contributed by atoms with E-state index in [0.29, 0.717) is 32.0 Å². The Hall–Kier alpha value is -2.44. The standard InChI is InChI=1S/C20H24N4O2/c25-20(23-11-13-26-14-12-23)17-7-4-8-19(22-17)24-10-9-21-18(15-24)16-5-2-1-3-6-16/h1-8,18,21H,9-15H2. The quantitative estimate of drug-likeness (QED) is 0.911. The van der Waals surface area contributed by atoms with E-state index in [1.54, 1.807) is 6.07 Å². The molecule has 6 heteroatoms. The molecule has 1 N–H and O–H groups in total. The fraction of sp³-hybridized carbons (Fsp3) is 0.400. The number of carbonyl (C=O) groups is 1. The molecule has 2 aliphatic rings. The summed E-state index contributed by atoms with van der Waals surface area (Å²) in [5, 5.41) is 3.57. The number of pyridine rings is 1. The van der Waals surface area contributed by atoms with Crippen LogP contribution in [0.15, 0.2) is 48.5 Å². The second kappa shape index (κ2) is 7.85. The summed E-state index contributed by atoms with van der Waals surface area (Å²) >= 11 is 0. The molecule has 1 atom stereocenters. The summed E-state index contributed by atoms with van der Waals surface area (Å²) in [5.74, 6) is 0.858. The summed E-state index contributed by atoms with van der Waals surface area (Å²) in [6.45, 7) is 5.08. The van der Waals surface area contributed by atoms with Crippen molar-refractivity contribution >= 4 is 11.7 Å². The minimum Gasteiger partial charge on any atom is -0.378 e. The van der Waals surface area contributed by atoms with Gasteiger partial charge in [0.1, 0.15) is 11.5 Å². The van der Waals surface area contributed by atoms with Crippen LogP contribution in [0.1, 0.15) is 22.1 Å². The highest BCUT2D eigenvalue weighted by molar-refractivity contribution is 5.92. The van der Waals surface area contributed by atoms with Crippen molar-refractivity contribution < 1.29 is 9.53 Å². The topological polar surface area (TPSA) is 57.7 Å². The number of hydrogen-bond donors (Lipinski definition) is 1. The van der Waals surface area contributed by atoms with Crippen LogP contribution in [0.3, 0.4) is 0 Å². The third-order valence-corrected chi connectivity index (χ3v) is 4.95. The lowest BCUT2D eigenvalue weighted by molar-refractivity contribution is 0.0299. The molecule has 2 fully saturated rings. The Morgan fingerprint density at radius 2 is 1.85 bits per heavy atom. The SMILES string of the molecule is O=C(c1cccc(N2CCNC(c3ccccc3)C2)n1)N1CCOCC1. The minimum atomic E-state index is -0.00936. The van der Waals surface area contributed by atoms with E-state index in [9.17, 15) is 4.79 Å². The van der Waals surface area contributed by atoms with Crippen LogP contribution in [0.5, 0.6) is 0 Å². The van der Waals surface area contributed by atoms with Crippen molar-refractivity contribution in [2.45, 2.75) is 6.04 Å². The van der Waals surface area contributed by atoms with Crippen molar-refractivity contribution in [1.29, 1.82) is 0 Å². The summed E-state index contributed by atoms with van der Waals surface area (Å²) in [6, 6.07) is 16.4. The highest BCUT2D eigenvalue weighted by Crippen LogP contribution is 2.21. The molecule has 2 aromatic rings. The molecular weight excluding hydrogens is 328 g/mol. The zero-order valence-corrected chi connectivity index (χ0v) is 14.8. The first-order valence-electron chi connectivity index (χ1n) is 9.18. The van der Waals surface area contributed by atoms with Crippen LogP contribution < -0.4 is 10.2 Å². The maximum Gasteiger partial charge on any atom is 0.272 e. The van der Waals surface area contributed by atoms with Gasteiger partial charge in [0.25, 0.3) is 5.91 Å². The lowest BCUT2D eigenvalue weighted by Gasteiger charge is -2.35. The Labute approximate surface area is 153 Å². The van der Waals surface area contributed by atoms with Crippen molar-refractivity contribution in [3.05, 3.63) is 59.8 Å². The van der Waals surface area contributed by atoms with Gasteiger partial charge < -0.3 is 19.9 Å². The van der Waals surface area contributed by atoms with Crippen LogP contribution in [0.25, 0.3) is 0 Å². The molecule has 2 aliphatic heterocycles. The van der Waals surface area contributed by atoms with Crippen molar-refractivity contribution in [3.63, 3.8) is 0 Å². The lowest BCUT2D eigenvalue weighted by atomic mass is 10.0. The zero-order valence-electron chi connectivity index (χ0n) is 14.8. The van der Waals surface area contributed by atoms with Gasteiger partial charge in [0.05, 0.1) is 13.2 Å². The highest BCUT2D eigenvalue weighted by atomic mass is 16.5. The van der Waals surface area contributed by atoms with Gasteiger partial charge in [-0.3, -0.25) is 4.79 Å². The first kappa shape index (κ1) is 17.0. The smallest absolute Gasteiger partial charge is 0.272 e. The monoisotopic (exact) mass is 352 g/mol. The number of rotatable bonds is 3. The molecule has 4 rings (SSSR count). The first-order valence-corrected chi connectivity index (χ1v) is 9.18. The van der Waals surface area contributed by atoms with Crippen LogP contribution in [-0.2, 0) is 4.74 Å². The molecule has 0 radical (unpaired) electrons. The number of amides is 1. The maximum atomic E-state index is 12.7. The number of aromatic nitrogens is 1. The van der Waals surface area contributed by atoms with E-state index in [-0.39, 0.29) is 11.9 Å². The summed E-state index contributed by atoms with van der Waals surface area (Å²) in [6.07, 6.45) is 0. The normalized spacial score (nSPS) is 20.8. The Balaban J connectivity index is 1.49. The molecule has 1 aromatic heterocycles. The van der Waals surface area contributed by atoms with Gasteiger partial charge in [0, 0.05) is 38.8 Å². The Morgan fingerprint density at radius 3 is 2.65 bits per heavy atom. The molecule has 2 saturated heterocycles. The van der Waals surface area contributed by atoms with Crippen LogP contribution in [0, 0.1) is 0 Å². The van der Waals surface area contributed by atoms with Gasteiger partial charge >= 0.3 is 0 Å². The molecule has 1 unspecified atom stereocenters. The Bertz CT molecular complexity index is 746. The number of benzene rings is 1. The first-order chi connectivity index (χ1) is 12.8. The molecule has 3 heterocycles. The van der Waals surface area contributed by atoms with E-state index in [1.807, 2.05) is 23.1 Å². The fourth-order valence-corrected chi connectivity index (χ4v) is 3.51. The summed E-state index contributed by atoms with van der Waals surface area (Å²) in [7, 11) is 0. The average molecular weight is 352 g/mol. The predicted octanol–water partition coefficient (Wildman–Crippen LogP) is 1.70. The van der Waals surface area contributed by atoms with Crippen LogP contribution in [0.4, 0.5) is 5.82 Å². The van der Waals surface area contributed by atoms with Gasteiger partial charge in [0.2, 0.25) is 0 Å². The summed E-state index contributed by atoms with van der Waals surface area (Å²) in [5.41, 5.74) is 1.79. The number of morpholine rings is 1. The summed E-state index contributed by atoms with van der Waals surface area (Å²) in [4.78, 5) is 21.4. The predicted molar refractivity (Wildman–Crippen MR) is 100 cm³/mol. The van der Waals surface area contributed by atoms with Gasteiger partial charge in [0.15, 0.2) is 0 Å². The second-order valence-electron chi connectivity index (χ2n) is 6.65. The maximum absolute atomic E-state index is 12.7. The van der Waals surface area contributed by atoms with Crippen LogP contribution >= 0.6 is 0 Å². The zero-order chi connectivity index (χ0) is 17.8. The van der Waals surface area contributed by atoms with Crippen molar-refractivity contribution in [1.82, 2.24) is 15.2 Å². The third-order valence-electron chi connectivity index (χ3n) is 4.95. The van der Waals surface area contributed by atoms with Gasteiger partial charge in [-0.15, -0.1) is 0 Å². The molecule has 1 aromatic carbocycles. The number of anilines is 1. The lowest BCUT2D eigenvalue weighted by Crippen LogP contribution is -2.46. The van der Waals surface area contributed by atoms with Crippen LogP contribution in [0.2, 0.25) is 0 Å². The van der Waals surface area contributed by atoms with Gasteiger partial charge in [-0.05, 0) is 17.7 Å². The third kappa shape index (κ3) is 3.71. The van der Waals surface area contributed by atoms with Crippen LogP contribution in [-0.4, -0.2) is 61.7 Å². The van der Waals surface area contributed by atoms with Gasteiger partial charge in [-0.1, -0.05) is 36.4 Å². The van der Waals surface area contributed by atoms with E-state index in [2.05, 4.69) is 39.5 Å². The molecule has 1 amide bonds.